The van der Waals surface area contributed by atoms with Gasteiger partial charge in [0, 0.05) is 25.9 Å². The zero-order valence-corrected chi connectivity index (χ0v) is 15.2. The molecular weight excluding hydrogens is 328 g/mol. The van der Waals surface area contributed by atoms with Crippen molar-refractivity contribution in [2.75, 3.05) is 32.8 Å². The highest BCUT2D eigenvalue weighted by atomic mass is 16.7. The molecule has 1 unspecified atom stereocenters. The molecule has 4 rings (SSSR count). The summed E-state index contributed by atoms with van der Waals surface area (Å²) in [6.45, 7) is 5.49. The van der Waals surface area contributed by atoms with Crippen molar-refractivity contribution in [1.82, 2.24) is 10.2 Å². The number of nitrogens with one attached hydrogen (secondary N) is 1. The molecular formula is C21H26N2O3. The minimum atomic E-state index is -0.386. The summed E-state index contributed by atoms with van der Waals surface area (Å²) in [5.74, 6) is -0.321. The Morgan fingerprint density at radius 3 is 2.58 bits per heavy atom. The number of piperidine rings is 1. The topological polar surface area (TPSA) is 50.8 Å². The Morgan fingerprint density at radius 2 is 1.81 bits per heavy atom. The van der Waals surface area contributed by atoms with E-state index in [9.17, 15) is 4.79 Å². The van der Waals surface area contributed by atoms with E-state index >= 15 is 0 Å². The average molecular weight is 354 g/mol. The number of nitrogens with zero attached hydrogens (tertiary/aromatic N) is 1. The first kappa shape index (κ1) is 17.5. The molecule has 0 bridgehead atoms. The molecule has 2 aliphatic rings. The molecule has 0 radical (unpaired) electrons. The van der Waals surface area contributed by atoms with Crippen LogP contribution < -0.4 is 5.32 Å². The molecule has 2 aromatic carbocycles. The lowest BCUT2D eigenvalue weighted by Gasteiger charge is -2.37. The Morgan fingerprint density at radius 1 is 1.12 bits per heavy atom. The Hall–Kier alpha value is -1.95. The highest BCUT2D eigenvalue weighted by molar-refractivity contribution is 5.87. The van der Waals surface area contributed by atoms with Crippen molar-refractivity contribution in [3.63, 3.8) is 0 Å². The number of hydrogen-bond donors (Lipinski definition) is 1. The van der Waals surface area contributed by atoms with Crippen LogP contribution in [0, 0.1) is 0 Å². The van der Waals surface area contributed by atoms with E-state index in [1.807, 2.05) is 25.1 Å². The van der Waals surface area contributed by atoms with Gasteiger partial charge in [-0.1, -0.05) is 42.5 Å². The molecule has 1 amide bonds. The number of carbonyl (C=O) groups excluding carboxylic acids is 1. The third-order valence-corrected chi connectivity index (χ3v) is 5.47. The second-order valence-corrected chi connectivity index (χ2v) is 7.24. The molecule has 1 N–H and O–H groups in total. The van der Waals surface area contributed by atoms with Crippen molar-refractivity contribution < 1.29 is 14.3 Å². The number of benzene rings is 2. The highest BCUT2D eigenvalue weighted by Crippen LogP contribution is 2.31. The summed E-state index contributed by atoms with van der Waals surface area (Å²) >= 11 is 0. The number of rotatable bonds is 4. The van der Waals surface area contributed by atoms with Gasteiger partial charge in [-0.25, -0.2) is 0 Å². The lowest BCUT2D eigenvalue weighted by molar-refractivity contribution is -0.185. The molecule has 0 aliphatic carbocycles. The van der Waals surface area contributed by atoms with Gasteiger partial charge in [0.05, 0.1) is 25.8 Å². The van der Waals surface area contributed by atoms with Gasteiger partial charge in [-0.3, -0.25) is 9.69 Å². The van der Waals surface area contributed by atoms with Gasteiger partial charge in [0.25, 0.3) is 0 Å². The van der Waals surface area contributed by atoms with Crippen molar-refractivity contribution in [2.24, 2.45) is 0 Å². The van der Waals surface area contributed by atoms with Gasteiger partial charge in [0.15, 0.2) is 5.79 Å². The van der Waals surface area contributed by atoms with Crippen molar-refractivity contribution in [1.29, 1.82) is 0 Å². The van der Waals surface area contributed by atoms with Crippen molar-refractivity contribution in [3.05, 3.63) is 48.0 Å². The highest BCUT2D eigenvalue weighted by Gasteiger charge is 2.39. The second kappa shape index (κ2) is 7.35. The summed E-state index contributed by atoms with van der Waals surface area (Å²) < 4.78 is 11.5. The maximum atomic E-state index is 12.5. The Labute approximate surface area is 154 Å². The smallest absolute Gasteiger partial charge is 0.234 e. The fourth-order valence-electron chi connectivity index (χ4n) is 4.03. The average Bonchev–Trinajstić information content (AvgIpc) is 3.11. The van der Waals surface area contributed by atoms with Crippen LogP contribution >= 0.6 is 0 Å². The van der Waals surface area contributed by atoms with E-state index in [4.69, 9.17) is 9.47 Å². The molecule has 2 fully saturated rings. The number of hydrogen-bond acceptors (Lipinski definition) is 4. The molecule has 2 saturated heterocycles. The fourth-order valence-corrected chi connectivity index (χ4v) is 4.03. The lowest BCUT2D eigenvalue weighted by Crippen LogP contribution is -2.48. The van der Waals surface area contributed by atoms with Gasteiger partial charge in [0.2, 0.25) is 5.91 Å². The maximum absolute atomic E-state index is 12.5. The van der Waals surface area contributed by atoms with Gasteiger partial charge >= 0.3 is 0 Å². The van der Waals surface area contributed by atoms with Crippen molar-refractivity contribution in [2.45, 2.75) is 31.6 Å². The predicted octanol–water partition coefficient (Wildman–Crippen LogP) is 2.86. The van der Waals surface area contributed by atoms with Crippen LogP contribution in [-0.2, 0) is 14.3 Å². The van der Waals surface area contributed by atoms with Crippen molar-refractivity contribution in [3.8, 4) is 0 Å². The van der Waals surface area contributed by atoms with Gasteiger partial charge in [0.1, 0.15) is 0 Å². The van der Waals surface area contributed by atoms with Gasteiger partial charge in [-0.05, 0) is 23.3 Å². The van der Waals surface area contributed by atoms with Crippen LogP contribution in [0.3, 0.4) is 0 Å². The predicted molar refractivity (Wildman–Crippen MR) is 101 cm³/mol. The van der Waals surface area contributed by atoms with Gasteiger partial charge in [-0.2, -0.15) is 0 Å². The number of ether oxygens (including phenoxy) is 2. The van der Waals surface area contributed by atoms with Crippen LogP contribution in [0.25, 0.3) is 10.8 Å². The molecule has 138 valence electrons. The van der Waals surface area contributed by atoms with E-state index in [0.717, 1.165) is 31.5 Å². The third-order valence-electron chi connectivity index (χ3n) is 5.47. The zero-order valence-electron chi connectivity index (χ0n) is 15.2. The molecule has 0 saturated carbocycles. The maximum Gasteiger partial charge on any atom is 0.234 e. The van der Waals surface area contributed by atoms with Gasteiger partial charge in [-0.15, -0.1) is 0 Å². The van der Waals surface area contributed by atoms with E-state index < -0.39 is 0 Å². The number of likely N-dealkylation sites (tertiary alicyclic amines) is 1. The Balaban J connectivity index is 1.34. The Kier molecular flexibility index (Phi) is 4.94. The molecule has 1 spiro atoms. The fraction of sp³-hybridized carbons (Fsp3) is 0.476. The summed E-state index contributed by atoms with van der Waals surface area (Å²) in [6, 6.07) is 14.5. The minimum absolute atomic E-state index is 0.0220. The molecule has 2 aliphatic heterocycles. The van der Waals surface area contributed by atoms with Crippen LogP contribution in [0.15, 0.2) is 42.5 Å². The van der Waals surface area contributed by atoms with E-state index in [-0.39, 0.29) is 17.7 Å². The van der Waals surface area contributed by atoms with Crippen LogP contribution in [-0.4, -0.2) is 49.4 Å². The van der Waals surface area contributed by atoms with Gasteiger partial charge < -0.3 is 14.8 Å². The summed E-state index contributed by atoms with van der Waals surface area (Å²) in [5, 5.41) is 5.54. The van der Waals surface area contributed by atoms with Crippen LogP contribution in [0.4, 0.5) is 0 Å². The lowest BCUT2D eigenvalue weighted by atomic mass is 9.99. The Bertz CT molecular complexity index is 770. The number of amides is 1. The largest absolute Gasteiger partial charge is 0.348 e. The van der Waals surface area contributed by atoms with E-state index in [1.54, 1.807) is 0 Å². The molecule has 26 heavy (non-hydrogen) atoms. The SMILES string of the molecule is CC(NC(=O)CN1CCC2(CC1)OCCO2)c1cccc2ccccc12. The molecule has 5 nitrogen and oxygen atoms in total. The summed E-state index contributed by atoms with van der Waals surface area (Å²) in [7, 11) is 0. The van der Waals surface area contributed by atoms with Crippen LogP contribution in [0.2, 0.25) is 0 Å². The third kappa shape index (κ3) is 3.61. The number of carbonyl (C=O) groups is 1. The first-order chi connectivity index (χ1) is 12.7. The summed E-state index contributed by atoms with van der Waals surface area (Å²) in [4.78, 5) is 14.7. The zero-order chi connectivity index (χ0) is 18.0. The van der Waals surface area contributed by atoms with Crippen LogP contribution in [0.1, 0.15) is 31.4 Å². The summed E-state index contributed by atoms with van der Waals surface area (Å²) in [5.41, 5.74) is 1.15. The molecule has 2 heterocycles. The molecule has 5 heteroatoms. The van der Waals surface area contributed by atoms with E-state index in [1.165, 1.54) is 10.8 Å². The molecule has 2 aromatic rings. The van der Waals surface area contributed by atoms with E-state index in [2.05, 4.69) is 34.5 Å². The quantitative estimate of drug-likeness (QED) is 0.917. The molecule has 1 atom stereocenters. The minimum Gasteiger partial charge on any atom is -0.348 e. The van der Waals surface area contributed by atoms with Crippen molar-refractivity contribution >= 4 is 16.7 Å². The summed E-state index contributed by atoms with van der Waals surface area (Å²) in [6.07, 6.45) is 1.66. The number of fused-ring (bicyclic) bond motifs is 1. The second-order valence-electron chi connectivity index (χ2n) is 7.24. The first-order valence-corrected chi connectivity index (χ1v) is 9.43. The standard InChI is InChI=1S/C21H26N2O3/c1-16(18-8-4-6-17-5-2-3-7-19(17)18)22-20(24)15-23-11-9-21(10-12-23)25-13-14-26-21/h2-8,16H,9-15H2,1H3,(H,22,24). The van der Waals surface area contributed by atoms with Crippen LogP contribution in [0.5, 0.6) is 0 Å². The normalized spacial score (nSPS) is 21.1. The van der Waals surface area contributed by atoms with E-state index in [0.29, 0.717) is 19.8 Å². The monoisotopic (exact) mass is 354 g/mol. The first-order valence-electron chi connectivity index (χ1n) is 9.43. The molecule has 0 aromatic heterocycles.